The van der Waals surface area contributed by atoms with Crippen LogP contribution < -0.4 is 4.74 Å². The van der Waals surface area contributed by atoms with Crippen molar-refractivity contribution in [2.24, 2.45) is 11.1 Å². The highest BCUT2D eigenvalue weighted by Crippen LogP contribution is 2.38. The molecule has 1 aromatic rings. The summed E-state index contributed by atoms with van der Waals surface area (Å²) in [5, 5.41) is 3.04. The molecule has 0 amide bonds. The highest BCUT2D eigenvalue weighted by atomic mass is 16.5. The molecule has 0 aromatic heterocycles. The molecule has 116 valence electrons. The zero-order valence-corrected chi connectivity index (χ0v) is 13.3. The van der Waals surface area contributed by atoms with Gasteiger partial charge in [-0.1, -0.05) is 31.0 Å². The van der Waals surface area contributed by atoms with Crippen LogP contribution in [0.4, 0.5) is 0 Å². The minimum Gasteiger partial charge on any atom is -0.494 e. The van der Waals surface area contributed by atoms with Crippen LogP contribution in [0, 0.1) is 10.8 Å². The second-order valence-electron chi connectivity index (χ2n) is 6.09. The number of ether oxygens (including phenoxy) is 1. The number of hydrogen-bond donors (Lipinski definition) is 0. The lowest BCUT2D eigenvalue weighted by molar-refractivity contribution is 0.307. The molecule has 0 aliphatic heterocycles. The van der Waals surface area contributed by atoms with Gasteiger partial charge in [0.15, 0.2) is 0 Å². The molecule has 3 heteroatoms. The van der Waals surface area contributed by atoms with Gasteiger partial charge in [0.25, 0.3) is 0 Å². The van der Waals surface area contributed by atoms with E-state index < -0.39 is 0 Å². The average molecular weight is 289 g/mol. The molecule has 1 aliphatic carbocycles. The summed E-state index contributed by atoms with van der Waals surface area (Å²) in [5.74, 6) is 2.37. The van der Waals surface area contributed by atoms with E-state index in [1.165, 1.54) is 44.1 Å². The molecule has 21 heavy (non-hydrogen) atoms. The van der Waals surface area contributed by atoms with Crippen molar-refractivity contribution in [1.82, 2.24) is 0 Å². The predicted octanol–water partition coefficient (Wildman–Crippen LogP) is 5.43. The number of rotatable bonds is 7. The molecule has 0 N–H and O–H groups in total. The zero-order chi connectivity index (χ0) is 15.1. The molecule has 0 bridgehead atoms. The zero-order valence-electron chi connectivity index (χ0n) is 13.3. The Kier molecular flexibility index (Phi) is 6.21. The van der Waals surface area contributed by atoms with Gasteiger partial charge >= 0.3 is 0 Å². The van der Waals surface area contributed by atoms with Crippen LogP contribution in [-0.4, -0.2) is 6.61 Å². The van der Waals surface area contributed by atoms with E-state index >= 15 is 0 Å². The summed E-state index contributed by atoms with van der Waals surface area (Å²) in [6, 6.07) is 6.32. The molecule has 0 unspecified atom stereocenters. The number of benzene rings is 1. The van der Waals surface area contributed by atoms with Crippen molar-refractivity contribution >= 4 is 0 Å². The van der Waals surface area contributed by atoms with Gasteiger partial charge < -0.3 is 4.74 Å². The standard InChI is InChI=1S/C18H27NO2/c1-3-5-14-6-8-15(9-7-14)16-10-11-18(21-4-2)17(12-16)13-19-20/h10-12,14-15H,3-9,13H2,1-2H3. The normalized spacial score (nSPS) is 22.0. The second kappa shape index (κ2) is 8.16. The summed E-state index contributed by atoms with van der Waals surface area (Å²) in [6.45, 7) is 5.06. The molecule has 3 nitrogen and oxygen atoms in total. The fraction of sp³-hybridized carbons (Fsp3) is 0.667. The third-order valence-electron chi connectivity index (χ3n) is 4.63. The third-order valence-corrected chi connectivity index (χ3v) is 4.63. The molecule has 1 saturated carbocycles. The molecule has 0 atom stereocenters. The van der Waals surface area contributed by atoms with Crippen molar-refractivity contribution in [3.8, 4) is 5.75 Å². The molecule has 0 heterocycles. The van der Waals surface area contributed by atoms with Gasteiger partial charge in [-0.15, -0.1) is 0 Å². The fourth-order valence-corrected chi connectivity index (χ4v) is 3.54. The lowest BCUT2D eigenvalue weighted by Crippen LogP contribution is -2.13. The Labute approximate surface area is 128 Å². The van der Waals surface area contributed by atoms with E-state index in [0.29, 0.717) is 12.5 Å². The van der Waals surface area contributed by atoms with Gasteiger partial charge in [-0.2, -0.15) is 4.91 Å². The van der Waals surface area contributed by atoms with Crippen LogP contribution in [0.1, 0.15) is 69.4 Å². The smallest absolute Gasteiger partial charge is 0.124 e. The summed E-state index contributed by atoms with van der Waals surface area (Å²) in [4.78, 5) is 10.6. The van der Waals surface area contributed by atoms with Gasteiger partial charge in [0.2, 0.25) is 0 Å². The van der Waals surface area contributed by atoms with E-state index in [1.807, 2.05) is 13.0 Å². The summed E-state index contributed by atoms with van der Waals surface area (Å²) >= 11 is 0. The van der Waals surface area contributed by atoms with Crippen LogP contribution in [-0.2, 0) is 6.54 Å². The maximum atomic E-state index is 10.6. The molecule has 0 saturated heterocycles. The minimum absolute atomic E-state index is 0.203. The van der Waals surface area contributed by atoms with Crippen molar-refractivity contribution in [3.05, 3.63) is 34.2 Å². The third kappa shape index (κ3) is 4.29. The van der Waals surface area contributed by atoms with Gasteiger partial charge in [0, 0.05) is 5.56 Å². The Bertz CT molecular complexity index is 451. The highest BCUT2D eigenvalue weighted by Gasteiger charge is 2.22. The molecule has 1 aromatic carbocycles. The Balaban J connectivity index is 2.06. The maximum Gasteiger partial charge on any atom is 0.124 e. The van der Waals surface area contributed by atoms with E-state index in [4.69, 9.17) is 4.74 Å². The first-order valence-electron chi connectivity index (χ1n) is 8.33. The Morgan fingerprint density at radius 2 is 1.95 bits per heavy atom. The fourth-order valence-electron chi connectivity index (χ4n) is 3.54. The molecule has 2 rings (SSSR count). The largest absolute Gasteiger partial charge is 0.494 e. The number of nitrogens with zero attached hydrogens (tertiary/aromatic N) is 1. The van der Waals surface area contributed by atoms with E-state index in [-0.39, 0.29) is 6.54 Å². The average Bonchev–Trinajstić information content (AvgIpc) is 2.51. The van der Waals surface area contributed by atoms with Crippen LogP contribution >= 0.6 is 0 Å². The summed E-state index contributed by atoms with van der Waals surface area (Å²) in [6.07, 6.45) is 7.89. The molecular weight excluding hydrogens is 262 g/mol. The van der Waals surface area contributed by atoms with Gasteiger partial charge in [-0.25, -0.2) is 0 Å². The molecule has 1 aliphatic rings. The minimum atomic E-state index is 0.203. The molecule has 1 fully saturated rings. The van der Waals surface area contributed by atoms with Crippen molar-refractivity contribution in [1.29, 1.82) is 0 Å². The Morgan fingerprint density at radius 3 is 2.57 bits per heavy atom. The topological polar surface area (TPSA) is 38.7 Å². The molecule has 0 spiro atoms. The van der Waals surface area contributed by atoms with Gasteiger partial charge in [0.05, 0.1) is 6.61 Å². The highest BCUT2D eigenvalue weighted by molar-refractivity contribution is 5.39. The molecule has 0 radical (unpaired) electrons. The first-order chi connectivity index (χ1) is 10.3. The van der Waals surface area contributed by atoms with Crippen molar-refractivity contribution in [2.75, 3.05) is 6.61 Å². The SMILES string of the molecule is CCCC1CCC(c2ccc(OCC)c(CN=O)c2)CC1. The first-order valence-corrected chi connectivity index (χ1v) is 8.33. The van der Waals surface area contributed by atoms with Gasteiger partial charge in [0.1, 0.15) is 12.3 Å². The van der Waals surface area contributed by atoms with Crippen molar-refractivity contribution in [3.63, 3.8) is 0 Å². The number of nitroso groups, excluding NO2 is 1. The van der Waals surface area contributed by atoms with Crippen LogP contribution in [0.2, 0.25) is 0 Å². The molecular formula is C18H27NO2. The second-order valence-corrected chi connectivity index (χ2v) is 6.09. The Hall–Kier alpha value is -1.38. The predicted molar refractivity (Wildman–Crippen MR) is 86.7 cm³/mol. The quantitative estimate of drug-likeness (QED) is 0.628. The van der Waals surface area contributed by atoms with Gasteiger partial charge in [-0.05, 0) is 62.1 Å². The summed E-state index contributed by atoms with van der Waals surface area (Å²) in [5.41, 5.74) is 2.28. The monoisotopic (exact) mass is 289 g/mol. The van der Waals surface area contributed by atoms with Crippen LogP contribution in [0.15, 0.2) is 23.4 Å². The lowest BCUT2D eigenvalue weighted by Gasteiger charge is -2.29. The van der Waals surface area contributed by atoms with E-state index in [0.717, 1.165) is 17.2 Å². The summed E-state index contributed by atoms with van der Waals surface area (Å²) < 4.78 is 5.58. The van der Waals surface area contributed by atoms with Crippen LogP contribution in [0.25, 0.3) is 0 Å². The number of hydrogen-bond acceptors (Lipinski definition) is 3. The van der Waals surface area contributed by atoms with E-state index in [2.05, 4.69) is 24.2 Å². The maximum absolute atomic E-state index is 10.6. The van der Waals surface area contributed by atoms with Crippen molar-refractivity contribution in [2.45, 2.75) is 64.8 Å². The van der Waals surface area contributed by atoms with E-state index in [1.54, 1.807) is 0 Å². The first kappa shape index (κ1) is 16.0. The Morgan fingerprint density at radius 1 is 1.19 bits per heavy atom. The lowest BCUT2D eigenvalue weighted by atomic mass is 9.77. The van der Waals surface area contributed by atoms with E-state index in [9.17, 15) is 4.91 Å². The van der Waals surface area contributed by atoms with Gasteiger partial charge in [-0.3, -0.25) is 0 Å². The summed E-state index contributed by atoms with van der Waals surface area (Å²) in [7, 11) is 0. The van der Waals surface area contributed by atoms with Crippen LogP contribution in [0.3, 0.4) is 0 Å². The van der Waals surface area contributed by atoms with Crippen molar-refractivity contribution < 1.29 is 4.74 Å². The van der Waals surface area contributed by atoms with Crippen LogP contribution in [0.5, 0.6) is 5.75 Å².